The number of rotatable bonds is 4. The molecule has 1 aromatic heterocycles. The van der Waals surface area contributed by atoms with Gasteiger partial charge in [-0.05, 0) is 36.1 Å². The van der Waals surface area contributed by atoms with Crippen LogP contribution in [0, 0.1) is 6.92 Å². The Hall–Kier alpha value is -1.61. The van der Waals surface area contributed by atoms with Crippen LogP contribution in [0.15, 0.2) is 24.4 Å². The van der Waals surface area contributed by atoms with Gasteiger partial charge in [-0.3, -0.25) is 5.10 Å². The maximum absolute atomic E-state index is 5.64. The van der Waals surface area contributed by atoms with E-state index in [4.69, 9.17) is 5.73 Å². The quantitative estimate of drug-likeness (QED) is 0.867. The third-order valence-electron chi connectivity index (χ3n) is 3.33. The van der Waals surface area contributed by atoms with E-state index in [1.54, 1.807) is 0 Å². The number of aromatic amines is 1. The lowest BCUT2D eigenvalue weighted by Crippen LogP contribution is -2.04. The second kappa shape index (κ2) is 5.36. The molecule has 0 unspecified atom stereocenters. The Morgan fingerprint density at radius 3 is 2.72 bits per heavy atom. The summed E-state index contributed by atoms with van der Waals surface area (Å²) in [5.41, 5.74) is 11.8. The van der Waals surface area contributed by atoms with Crippen molar-refractivity contribution >= 4 is 0 Å². The van der Waals surface area contributed by atoms with Crippen LogP contribution < -0.4 is 5.73 Å². The van der Waals surface area contributed by atoms with Gasteiger partial charge < -0.3 is 5.73 Å². The summed E-state index contributed by atoms with van der Waals surface area (Å²) < 4.78 is 0. The number of nitrogens with zero attached hydrogens (tertiary/aromatic N) is 1. The standard InChI is InChI=1S/C15H21N3/c1-10(2)12-5-4-11(3)13(8-12)14-9-17-18-15(14)6-7-16/h4-5,8-10H,6-7,16H2,1-3H3,(H,17,18). The van der Waals surface area contributed by atoms with Crippen molar-refractivity contribution in [2.75, 3.05) is 6.54 Å². The number of aryl methyl sites for hydroxylation is 1. The van der Waals surface area contributed by atoms with Gasteiger partial charge in [0.2, 0.25) is 0 Å². The monoisotopic (exact) mass is 243 g/mol. The highest BCUT2D eigenvalue weighted by molar-refractivity contribution is 5.69. The van der Waals surface area contributed by atoms with E-state index in [0.717, 1.165) is 12.1 Å². The smallest absolute Gasteiger partial charge is 0.0568 e. The molecule has 18 heavy (non-hydrogen) atoms. The van der Waals surface area contributed by atoms with Gasteiger partial charge in [-0.2, -0.15) is 5.10 Å². The Morgan fingerprint density at radius 1 is 1.28 bits per heavy atom. The lowest BCUT2D eigenvalue weighted by Gasteiger charge is -2.11. The first-order valence-corrected chi connectivity index (χ1v) is 6.46. The van der Waals surface area contributed by atoms with Gasteiger partial charge in [-0.25, -0.2) is 0 Å². The van der Waals surface area contributed by atoms with Crippen molar-refractivity contribution < 1.29 is 0 Å². The van der Waals surface area contributed by atoms with Crippen LogP contribution >= 0.6 is 0 Å². The fourth-order valence-corrected chi connectivity index (χ4v) is 2.17. The molecule has 1 heterocycles. The van der Waals surface area contributed by atoms with Crippen molar-refractivity contribution in [3.05, 3.63) is 41.2 Å². The van der Waals surface area contributed by atoms with E-state index in [1.807, 2.05) is 6.20 Å². The van der Waals surface area contributed by atoms with Crippen molar-refractivity contribution in [3.63, 3.8) is 0 Å². The summed E-state index contributed by atoms with van der Waals surface area (Å²) in [4.78, 5) is 0. The maximum atomic E-state index is 5.64. The van der Waals surface area contributed by atoms with Crippen LogP contribution in [-0.2, 0) is 6.42 Å². The first-order valence-electron chi connectivity index (χ1n) is 6.46. The molecule has 0 saturated heterocycles. The van der Waals surface area contributed by atoms with E-state index in [1.165, 1.54) is 22.3 Å². The molecule has 2 rings (SSSR count). The van der Waals surface area contributed by atoms with Gasteiger partial charge in [-0.1, -0.05) is 32.0 Å². The minimum absolute atomic E-state index is 0.536. The number of aromatic nitrogens is 2. The molecule has 0 saturated carbocycles. The van der Waals surface area contributed by atoms with Crippen LogP contribution in [0.5, 0.6) is 0 Å². The van der Waals surface area contributed by atoms with Crippen molar-refractivity contribution in [2.45, 2.75) is 33.1 Å². The molecule has 0 bridgehead atoms. The van der Waals surface area contributed by atoms with Gasteiger partial charge in [-0.15, -0.1) is 0 Å². The number of H-pyrrole nitrogens is 1. The average molecular weight is 243 g/mol. The average Bonchev–Trinajstić information content (AvgIpc) is 2.78. The highest BCUT2D eigenvalue weighted by atomic mass is 15.1. The van der Waals surface area contributed by atoms with E-state index in [0.29, 0.717) is 12.5 Å². The highest BCUT2D eigenvalue weighted by Gasteiger charge is 2.11. The molecule has 0 amide bonds. The van der Waals surface area contributed by atoms with Crippen LogP contribution in [0.1, 0.15) is 36.6 Å². The van der Waals surface area contributed by atoms with Gasteiger partial charge in [0.15, 0.2) is 0 Å². The summed E-state index contributed by atoms with van der Waals surface area (Å²) in [5.74, 6) is 0.536. The van der Waals surface area contributed by atoms with E-state index < -0.39 is 0 Å². The summed E-state index contributed by atoms with van der Waals surface area (Å²) in [6.07, 6.45) is 2.73. The van der Waals surface area contributed by atoms with Gasteiger partial charge in [0.05, 0.1) is 6.20 Å². The first-order chi connectivity index (χ1) is 8.63. The summed E-state index contributed by atoms with van der Waals surface area (Å²) >= 11 is 0. The van der Waals surface area contributed by atoms with Crippen LogP contribution in [0.2, 0.25) is 0 Å². The van der Waals surface area contributed by atoms with Crippen LogP contribution in [0.25, 0.3) is 11.1 Å². The third kappa shape index (κ3) is 2.46. The number of benzene rings is 1. The van der Waals surface area contributed by atoms with Gasteiger partial charge in [0, 0.05) is 17.7 Å². The van der Waals surface area contributed by atoms with Gasteiger partial charge >= 0.3 is 0 Å². The Morgan fingerprint density at radius 2 is 2.06 bits per heavy atom. The molecular weight excluding hydrogens is 222 g/mol. The molecule has 0 fully saturated rings. The molecule has 3 heteroatoms. The molecule has 0 spiro atoms. The second-order valence-corrected chi connectivity index (χ2v) is 5.03. The van der Waals surface area contributed by atoms with Crippen LogP contribution in [-0.4, -0.2) is 16.7 Å². The van der Waals surface area contributed by atoms with Crippen molar-refractivity contribution in [2.24, 2.45) is 5.73 Å². The molecule has 0 aliphatic rings. The molecule has 0 aliphatic heterocycles. The maximum Gasteiger partial charge on any atom is 0.0568 e. The molecule has 0 aliphatic carbocycles. The summed E-state index contributed by atoms with van der Waals surface area (Å²) in [6, 6.07) is 6.65. The Labute approximate surface area is 108 Å². The summed E-state index contributed by atoms with van der Waals surface area (Å²) in [6.45, 7) is 7.20. The number of hydrogen-bond donors (Lipinski definition) is 2. The Balaban J connectivity index is 2.48. The van der Waals surface area contributed by atoms with Crippen LogP contribution in [0.3, 0.4) is 0 Å². The van der Waals surface area contributed by atoms with Crippen molar-refractivity contribution in [1.29, 1.82) is 0 Å². The van der Waals surface area contributed by atoms with Gasteiger partial charge in [0.1, 0.15) is 0 Å². The zero-order valence-corrected chi connectivity index (χ0v) is 11.3. The van der Waals surface area contributed by atoms with E-state index in [9.17, 15) is 0 Å². The van der Waals surface area contributed by atoms with Crippen molar-refractivity contribution in [3.8, 4) is 11.1 Å². The Bertz CT molecular complexity index is 526. The summed E-state index contributed by atoms with van der Waals surface area (Å²) in [7, 11) is 0. The zero-order valence-electron chi connectivity index (χ0n) is 11.3. The number of nitrogens with two attached hydrogens (primary N) is 1. The van der Waals surface area contributed by atoms with Crippen LogP contribution in [0.4, 0.5) is 0 Å². The lowest BCUT2D eigenvalue weighted by atomic mass is 9.94. The summed E-state index contributed by atoms with van der Waals surface area (Å²) in [5, 5.41) is 7.20. The number of nitrogens with one attached hydrogen (secondary N) is 1. The van der Waals surface area contributed by atoms with E-state index in [2.05, 4.69) is 49.2 Å². The van der Waals surface area contributed by atoms with Gasteiger partial charge in [0.25, 0.3) is 0 Å². The zero-order chi connectivity index (χ0) is 13.1. The fourth-order valence-electron chi connectivity index (χ4n) is 2.17. The molecule has 3 nitrogen and oxygen atoms in total. The minimum Gasteiger partial charge on any atom is -0.330 e. The lowest BCUT2D eigenvalue weighted by molar-refractivity contribution is 0.866. The molecular formula is C15H21N3. The van der Waals surface area contributed by atoms with E-state index >= 15 is 0 Å². The largest absolute Gasteiger partial charge is 0.330 e. The predicted molar refractivity (Wildman–Crippen MR) is 75.6 cm³/mol. The fraction of sp³-hybridized carbons (Fsp3) is 0.400. The second-order valence-electron chi connectivity index (χ2n) is 5.03. The third-order valence-corrected chi connectivity index (χ3v) is 3.33. The highest BCUT2D eigenvalue weighted by Crippen LogP contribution is 2.29. The molecule has 3 N–H and O–H groups in total. The Kier molecular flexibility index (Phi) is 3.82. The minimum atomic E-state index is 0.536. The topological polar surface area (TPSA) is 54.7 Å². The molecule has 0 radical (unpaired) electrons. The predicted octanol–water partition coefficient (Wildman–Crippen LogP) is 3.01. The molecule has 2 aromatic rings. The normalized spacial score (nSPS) is 11.2. The SMILES string of the molecule is Cc1ccc(C(C)C)cc1-c1cn[nH]c1CCN. The molecule has 96 valence electrons. The van der Waals surface area contributed by atoms with Crippen molar-refractivity contribution in [1.82, 2.24) is 10.2 Å². The number of hydrogen-bond acceptors (Lipinski definition) is 2. The first kappa shape index (κ1) is 12.8. The van der Waals surface area contributed by atoms with E-state index in [-0.39, 0.29) is 0 Å². The molecule has 0 atom stereocenters. The molecule has 1 aromatic carbocycles.